The number of nitrogens with two attached hydrogens (primary N) is 1. The molecule has 0 saturated carbocycles. The van der Waals surface area contributed by atoms with Crippen molar-refractivity contribution in [3.63, 3.8) is 0 Å². The van der Waals surface area contributed by atoms with E-state index in [1.807, 2.05) is 0 Å². The Bertz CT molecular complexity index is 520. The van der Waals surface area contributed by atoms with E-state index in [2.05, 4.69) is 5.32 Å². The summed E-state index contributed by atoms with van der Waals surface area (Å²) in [5, 5.41) is 12.3. The van der Waals surface area contributed by atoms with E-state index in [1.54, 1.807) is 43.7 Å². The van der Waals surface area contributed by atoms with Crippen LogP contribution in [0.2, 0.25) is 0 Å². The lowest BCUT2D eigenvalue weighted by atomic mass is 10.2. The molecule has 0 bridgehead atoms. The highest BCUT2D eigenvalue weighted by atomic mass is 32.2. The van der Waals surface area contributed by atoms with E-state index in [-0.39, 0.29) is 5.57 Å². The van der Waals surface area contributed by atoms with Gasteiger partial charge in [0.25, 0.3) is 5.91 Å². The molecular formula is C12H13N3O2S. The van der Waals surface area contributed by atoms with Gasteiger partial charge in [-0.25, -0.2) is 0 Å². The van der Waals surface area contributed by atoms with Gasteiger partial charge in [-0.2, -0.15) is 5.26 Å². The van der Waals surface area contributed by atoms with Crippen LogP contribution in [0.25, 0.3) is 0 Å². The first kappa shape index (κ1) is 13.9. The number of rotatable bonds is 5. The minimum Gasteiger partial charge on any atom is -0.497 e. The molecule has 0 heterocycles. The van der Waals surface area contributed by atoms with Crippen LogP contribution in [-0.4, -0.2) is 19.3 Å². The quantitative estimate of drug-likeness (QED) is 0.623. The van der Waals surface area contributed by atoms with Crippen LogP contribution < -0.4 is 15.8 Å². The topological polar surface area (TPSA) is 88.1 Å². The van der Waals surface area contributed by atoms with Gasteiger partial charge in [0.05, 0.1) is 12.1 Å². The molecule has 1 aromatic rings. The van der Waals surface area contributed by atoms with Gasteiger partial charge in [0.1, 0.15) is 17.4 Å². The summed E-state index contributed by atoms with van der Waals surface area (Å²) in [6, 6.07) is 8.95. The lowest BCUT2D eigenvalue weighted by Gasteiger charge is -2.10. The van der Waals surface area contributed by atoms with Crippen molar-refractivity contribution in [1.29, 1.82) is 5.26 Å². The van der Waals surface area contributed by atoms with Crippen LogP contribution in [0.4, 0.5) is 5.69 Å². The molecule has 1 aromatic carbocycles. The van der Waals surface area contributed by atoms with Crippen LogP contribution in [0.15, 0.2) is 34.9 Å². The number of ether oxygens (including phenoxy) is 1. The number of benzene rings is 1. The van der Waals surface area contributed by atoms with E-state index in [9.17, 15) is 4.79 Å². The Morgan fingerprint density at radius 1 is 1.56 bits per heavy atom. The Morgan fingerprint density at radius 3 is 2.78 bits per heavy atom. The van der Waals surface area contributed by atoms with Crippen molar-refractivity contribution >= 4 is 23.4 Å². The maximum atomic E-state index is 11.1. The summed E-state index contributed by atoms with van der Waals surface area (Å²) in [6.45, 7) is 0. The number of hydrogen-bond acceptors (Lipinski definition) is 5. The molecule has 0 unspecified atom stereocenters. The SMILES string of the molecule is COc1cccc(N/C(SC)=C(\C#N)C(N)=O)c1. The van der Waals surface area contributed by atoms with E-state index < -0.39 is 5.91 Å². The number of primary amides is 1. The van der Waals surface area contributed by atoms with Crippen molar-refractivity contribution in [2.45, 2.75) is 0 Å². The van der Waals surface area contributed by atoms with E-state index in [1.165, 1.54) is 11.8 Å². The number of hydrogen-bond donors (Lipinski definition) is 2. The fourth-order valence-corrected chi connectivity index (χ4v) is 1.84. The molecular weight excluding hydrogens is 250 g/mol. The molecule has 94 valence electrons. The average molecular weight is 263 g/mol. The predicted octanol–water partition coefficient (Wildman–Crippen LogP) is 1.69. The summed E-state index contributed by atoms with van der Waals surface area (Å²) in [4.78, 5) is 11.1. The van der Waals surface area contributed by atoms with Gasteiger partial charge in [-0.05, 0) is 18.4 Å². The fourth-order valence-electron chi connectivity index (χ4n) is 1.27. The predicted molar refractivity (Wildman–Crippen MR) is 72.0 cm³/mol. The first-order valence-electron chi connectivity index (χ1n) is 5.01. The highest BCUT2D eigenvalue weighted by Gasteiger charge is 2.12. The molecule has 0 fully saturated rings. The lowest BCUT2D eigenvalue weighted by Crippen LogP contribution is -2.16. The van der Waals surface area contributed by atoms with Crippen LogP contribution in [0, 0.1) is 11.3 Å². The van der Waals surface area contributed by atoms with Crippen LogP contribution in [0.3, 0.4) is 0 Å². The van der Waals surface area contributed by atoms with Crippen molar-refractivity contribution in [3.05, 3.63) is 34.9 Å². The second-order valence-corrected chi connectivity index (χ2v) is 4.06. The minimum atomic E-state index is -0.753. The number of thioether (sulfide) groups is 1. The first-order chi connectivity index (χ1) is 8.62. The molecule has 0 atom stereocenters. The summed E-state index contributed by atoms with van der Waals surface area (Å²) in [5.74, 6) is -0.0738. The van der Waals surface area contributed by atoms with Crippen molar-refractivity contribution < 1.29 is 9.53 Å². The van der Waals surface area contributed by atoms with Crippen LogP contribution in [-0.2, 0) is 4.79 Å². The number of nitrogens with zero attached hydrogens (tertiary/aromatic N) is 1. The summed E-state index contributed by atoms with van der Waals surface area (Å²) < 4.78 is 5.08. The molecule has 18 heavy (non-hydrogen) atoms. The smallest absolute Gasteiger partial charge is 0.262 e. The second-order valence-electron chi connectivity index (χ2n) is 3.24. The van der Waals surface area contributed by atoms with Crippen molar-refractivity contribution in [1.82, 2.24) is 0 Å². The van der Waals surface area contributed by atoms with Gasteiger partial charge in [0.15, 0.2) is 0 Å². The number of anilines is 1. The van der Waals surface area contributed by atoms with Gasteiger partial charge < -0.3 is 15.8 Å². The van der Waals surface area contributed by atoms with Gasteiger partial charge in [0.2, 0.25) is 0 Å². The van der Waals surface area contributed by atoms with Gasteiger partial charge in [-0.1, -0.05) is 6.07 Å². The number of nitrogens with one attached hydrogen (secondary N) is 1. The van der Waals surface area contributed by atoms with Crippen molar-refractivity contribution in [2.24, 2.45) is 5.73 Å². The van der Waals surface area contributed by atoms with E-state index in [0.29, 0.717) is 16.5 Å². The van der Waals surface area contributed by atoms with Crippen molar-refractivity contribution in [2.75, 3.05) is 18.7 Å². The van der Waals surface area contributed by atoms with Crippen LogP contribution >= 0.6 is 11.8 Å². The number of amides is 1. The first-order valence-corrected chi connectivity index (χ1v) is 6.24. The Balaban J connectivity index is 3.06. The molecule has 0 spiro atoms. The molecule has 0 aromatic heterocycles. The monoisotopic (exact) mass is 263 g/mol. The molecule has 5 nitrogen and oxygen atoms in total. The molecule has 0 aliphatic rings. The third kappa shape index (κ3) is 3.43. The maximum Gasteiger partial charge on any atom is 0.262 e. The van der Waals surface area contributed by atoms with E-state index >= 15 is 0 Å². The summed E-state index contributed by atoms with van der Waals surface area (Å²) in [7, 11) is 1.56. The fraction of sp³-hybridized carbons (Fsp3) is 0.167. The third-order valence-electron chi connectivity index (χ3n) is 2.12. The highest BCUT2D eigenvalue weighted by Crippen LogP contribution is 2.23. The van der Waals surface area contributed by atoms with E-state index in [0.717, 1.165) is 0 Å². The summed E-state index contributed by atoms with van der Waals surface area (Å²) in [6.07, 6.45) is 1.75. The number of methoxy groups -OCH3 is 1. The Hall–Kier alpha value is -2.13. The minimum absolute atomic E-state index is 0.0923. The second kappa shape index (κ2) is 6.57. The molecule has 6 heteroatoms. The zero-order chi connectivity index (χ0) is 13.5. The number of nitriles is 1. The van der Waals surface area contributed by atoms with Gasteiger partial charge in [0, 0.05) is 11.8 Å². The molecule has 0 aliphatic carbocycles. The Labute approximate surface area is 110 Å². The largest absolute Gasteiger partial charge is 0.497 e. The maximum absolute atomic E-state index is 11.1. The molecule has 1 amide bonds. The zero-order valence-corrected chi connectivity index (χ0v) is 10.9. The van der Waals surface area contributed by atoms with Gasteiger partial charge in [-0.15, -0.1) is 11.8 Å². The normalized spacial score (nSPS) is 11.2. The third-order valence-corrected chi connectivity index (χ3v) is 2.83. The molecule has 0 aliphatic heterocycles. The van der Waals surface area contributed by atoms with Crippen LogP contribution in [0.1, 0.15) is 0 Å². The number of carbonyl (C=O) groups is 1. The Kier molecular flexibility index (Phi) is 5.08. The molecule has 1 rings (SSSR count). The standard InChI is InChI=1S/C12H13N3O2S/c1-17-9-5-3-4-8(6-9)15-12(18-2)10(7-13)11(14)16/h3-6,15H,1-2H3,(H2,14,16)/b12-10-. The van der Waals surface area contributed by atoms with Gasteiger partial charge in [-0.3, -0.25) is 4.79 Å². The average Bonchev–Trinajstić information content (AvgIpc) is 2.38. The summed E-state index contributed by atoms with van der Waals surface area (Å²) in [5.41, 5.74) is 5.76. The van der Waals surface area contributed by atoms with E-state index in [4.69, 9.17) is 15.7 Å². The highest BCUT2D eigenvalue weighted by molar-refractivity contribution is 8.02. The number of carbonyl (C=O) groups excluding carboxylic acids is 1. The summed E-state index contributed by atoms with van der Waals surface area (Å²) >= 11 is 1.24. The zero-order valence-electron chi connectivity index (χ0n) is 10.1. The lowest BCUT2D eigenvalue weighted by molar-refractivity contribution is -0.114. The Morgan fingerprint density at radius 2 is 2.28 bits per heavy atom. The molecule has 3 N–H and O–H groups in total. The van der Waals surface area contributed by atoms with Crippen LogP contribution in [0.5, 0.6) is 5.75 Å². The van der Waals surface area contributed by atoms with Gasteiger partial charge >= 0.3 is 0 Å². The molecule has 0 saturated heterocycles. The van der Waals surface area contributed by atoms with Crippen molar-refractivity contribution in [3.8, 4) is 11.8 Å². The molecule has 0 radical (unpaired) electrons.